The van der Waals surface area contributed by atoms with E-state index < -0.39 is 17.3 Å². The number of carboxylic acid groups (broad SMARTS) is 1. The molecule has 1 atom stereocenters. The molecule has 2 aromatic carbocycles. The lowest BCUT2D eigenvalue weighted by Crippen LogP contribution is -2.27. The third-order valence-corrected chi connectivity index (χ3v) is 6.61. The highest BCUT2D eigenvalue weighted by molar-refractivity contribution is 6.00. The van der Waals surface area contributed by atoms with E-state index in [4.69, 9.17) is 0 Å². The lowest BCUT2D eigenvalue weighted by Gasteiger charge is -2.28. The number of phenols is 1. The number of benzene rings is 2. The molecule has 0 saturated carbocycles. The number of aliphatic carboxylic acids is 1. The summed E-state index contributed by atoms with van der Waals surface area (Å²) in [7, 11) is 0. The summed E-state index contributed by atoms with van der Waals surface area (Å²) in [5.74, 6) is -1.59. The van der Waals surface area contributed by atoms with Crippen molar-refractivity contribution in [1.29, 1.82) is 0 Å². The first kappa shape index (κ1) is 25.5. The first-order valence-corrected chi connectivity index (χ1v) is 11.7. The predicted molar refractivity (Wildman–Crippen MR) is 134 cm³/mol. The average molecular weight is 468 g/mol. The van der Waals surface area contributed by atoms with Crippen molar-refractivity contribution in [3.8, 4) is 11.4 Å². The van der Waals surface area contributed by atoms with Crippen LogP contribution in [0, 0.1) is 17.7 Å². The molecule has 3 N–H and O–H groups in total. The zero-order chi connectivity index (χ0) is 25.2. The average Bonchev–Trinajstić information content (AvgIpc) is 3.14. The van der Waals surface area contributed by atoms with Gasteiger partial charge in [-0.3, -0.25) is 4.79 Å². The van der Waals surface area contributed by atoms with Crippen molar-refractivity contribution in [2.24, 2.45) is 11.8 Å². The molecule has 1 aromatic heterocycles. The molecule has 34 heavy (non-hydrogen) atoms. The Morgan fingerprint density at radius 3 is 2.32 bits per heavy atom. The standard InChI is InChI=1S/C28H34FNO4/c1-6-18(10-15-21(17(2)3)27(33)34)24-25-22(8-7-9-23(25)32)30(26(24)28(4,5)16-31)20-13-11-19(29)12-14-20/h6-9,11-14,17,21,31-32H,10,15-16H2,1-5H3,(H,33,34)/b18-6+. The monoisotopic (exact) mass is 467 g/mol. The first-order valence-electron chi connectivity index (χ1n) is 11.7. The number of aromatic nitrogens is 1. The number of aromatic hydroxyl groups is 1. The number of aliphatic hydroxyl groups excluding tert-OH is 1. The molecular weight excluding hydrogens is 433 g/mol. The molecule has 0 radical (unpaired) electrons. The topological polar surface area (TPSA) is 82.7 Å². The van der Waals surface area contributed by atoms with Crippen LogP contribution in [0.25, 0.3) is 22.2 Å². The lowest BCUT2D eigenvalue weighted by molar-refractivity contribution is -0.143. The van der Waals surface area contributed by atoms with Crippen LogP contribution in [0.5, 0.6) is 5.75 Å². The highest BCUT2D eigenvalue weighted by atomic mass is 19.1. The molecular formula is C28H34FNO4. The summed E-state index contributed by atoms with van der Waals surface area (Å²) in [6.45, 7) is 9.39. The summed E-state index contributed by atoms with van der Waals surface area (Å²) in [6, 6.07) is 11.4. The van der Waals surface area contributed by atoms with Crippen LogP contribution in [-0.2, 0) is 10.2 Å². The zero-order valence-corrected chi connectivity index (χ0v) is 20.5. The van der Waals surface area contributed by atoms with Gasteiger partial charge < -0.3 is 19.9 Å². The van der Waals surface area contributed by atoms with Gasteiger partial charge in [0.15, 0.2) is 0 Å². The quantitative estimate of drug-likeness (QED) is 0.346. The minimum atomic E-state index is -0.821. The van der Waals surface area contributed by atoms with E-state index in [1.54, 1.807) is 24.3 Å². The molecule has 1 heterocycles. The smallest absolute Gasteiger partial charge is 0.306 e. The molecule has 0 saturated heterocycles. The van der Waals surface area contributed by atoms with Crippen LogP contribution in [0.2, 0.25) is 0 Å². The van der Waals surface area contributed by atoms with Crippen molar-refractivity contribution in [1.82, 2.24) is 4.57 Å². The van der Waals surface area contributed by atoms with Gasteiger partial charge >= 0.3 is 5.97 Å². The second-order valence-electron chi connectivity index (χ2n) is 9.79. The molecule has 0 aliphatic rings. The van der Waals surface area contributed by atoms with Gasteiger partial charge in [-0.05, 0) is 67.7 Å². The Bertz CT molecular complexity index is 1210. The number of rotatable bonds is 9. The molecule has 0 bridgehead atoms. The molecule has 0 spiro atoms. The van der Waals surface area contributed by atoms with Gasteiger partial charge in [-0.15, -0.1) is 0 Å². The van der Waals surface area contributed by atoms with Crippen LogP contribution in [-0.4, -0.2) is 32.5 Å². The second kappa shape index (κ2) is 10.0. The number of halogens is 1. The van der Waals surface area contributed by atoms with Gasteiger partial charge in [0, 0.05) is 27.7 Å². The minimum absolute atomic E-state index is 0.0158. The normalized spacial score (nSPS) is 13.6. The summed E-state index contributed by atoms with van der Waals surface area (Å²) >= 11 is 0. The van der Waals surface area contributed by atoms with Crippen molar-refractivity contribution in [3.63, 3.8) is 0 Å². The Labute approximate surface area is 200 Å². The van der Waals surface area contributed by atoms with Crippen molar-refractivity contribution in [3.05, 3.63) is 65.6 Å². The Hall–Kier alpha value is -3.12. The van der Waals surface area contributed by atoms with Crippen LogP contribution in [0.3, 0.4) is 0 Å². The van der Waals surface area contributed by atoms with Gasteiger partial charge in [-0.1, -0.05) is 39.8 Å². The Morgan fingerprint density at radius 2 is 1.79 bits per heavy atom. The maximum atomic E-state index is 13.7. The van der Waals surface area contributed by atoms with Gasteiger partial charge in [0.1, 0.15) is 11.6 Å². The van der Waals surface area contributed by atoms with Crippen LogP contribution < -0.4 is 0 Å². The van der Waals surface area contributed by atoms with Crippen LogP contribution >= 0.6 is 0 Å². The van der Waals surface area contributed by atoms with E-state index in [1.165, 1.54) is 12.1 Å². The molecule has 0 aliphatic carbocycles. The number of hydrogen-bond acceptors (Lipinski definition) is 3. The number of hydrogen-bond donors (Lipinski definition) is 3. The number of phenolic OH excluding ortho intramolecular Hbond substituents is 1. The molecule has 6 heteroatoms. The fraction of sp³-hybridized carbons (Fsp3) is 0.393. The van der Waals surface area contributed by atoms with E-state index in [9.17, 15) is 24.5 Å². The SMILES string of the molecule is C/C=C(\CCC(C(=O)O)C(C)C)c1c(C(C)(C)CO)n(-c2ccc(F)cc2)c2cccc(O)c12. The van der Waals surface area contributed by atoms with Crippen molar-refractivity contribution in [2.45, 2.75) is 52.9 Å². The number of fused-ring (bicyclic) bond motifs is 1. The van der Waals surface area contributed by atoms with Gasteiger partial charge in [-0.2, -0.15) is 0 Å². The maximum Gasteiger partial charge on any atom is 0.306 e. The highest BCUT2D eigenvalue weighted by Gasteiger charge is 2.33. The molecule has 3 aromatic rings. The van der Waals surface area contributed by atoms with Crippen LogP contribution in [0.1, 0.15) is 58.7 Å². The fourth-order valence-electron chi connectivity index (χ4n) is 4.67. The first-order chi connectivity index (χ1) is 16.0. The van der Waals surface area contributed by atoms with Gasteiger partial charge in [-0.25, -0.2) is 4.39 Å². The van der Waals surface area contributed by atoms with Crippen molar-refractivity contribution >= 4 is 22.4 Å². The number of carboxylic acids is 1. The summed E-state index contributed by atoms with van der Waals surface area (Å²) in [5.41, 5.74) is 3.19. The molecule has 0 amide bonds. The molecule has 1 unspecified atom stereocenters. The third-order valence-electron chi connectivity index (χ3n) is 6.61. The molecule has 5 nitrogen and oxygen atoms in total. The maximum absolute atomic E-state index is 13.7. The van der Waals surface area contributed by atoms with E-state index in [0.717, 1.165) is 22.3 Å². The Balaban J connectivity index is 2.33. The van der Waals surface area contributed by atoms with Crippen LogP contribution in [0.4, 0.5) is 4.39 Å². The molecule has 3 rings (SSSR count). The van der Waals surface area contributed by atoms with Gasteiger partial charge in [0.2, 0.25) is 0 Å². The Kier molecular flexibility index (Phi) is 7.51. The van der Waals surface area contributed by atoms with E-state index in [1.807, 2.05) is 51.3 Å². The van der Waals surface area contributed by atoms with Crippen molar-refractivity contribution < 1.29 is 24.5 Å². The Morgan fingerprint density at radius 1 is 1.15 bits per heavy atom. The van der Waals surface area contributed by atoms with E-state index >= 15 is 0 Å². The number of nitrogens with zero attached hydrogens (tertiary/aromatic N) is 1. The summed E-state index contributed by atoms with van der Waals surface area (Å²) in [6.07, 6.45) is 2.89. The van der Waals surface area contributed by atoms with Crippen LogP contribution in [0.15, 0.2) is 48.5 Å². The fourth-order valence-corrected chi connectivity index (χ4v) is 4.67. The number of allylic oxidation sites excluding steroid dienone is 2. The van der Waals surface area contributed by atoms with E-state index in [2.05, 4.69) is 0 Å². The zero-order valence-electron chi connectivity index (χ0n) is 20.5. The molecule has 182 valence electrons. The van der Waals surface area contributed by atoms with E-state index in [0.29, 0.717) is 23.9 Å². The second-order valence-corrected chi connectivity index (χ2v) is 9.79. The third kappa shape index (κ3) is 4.73. The number of aliphatic hydroxyl groups is 1. The summed E-state index contributed by atoms with van der Waals surface area (Å²) in [4.78, 5) is 11.8. The molecule has 0 fully saturated rings. The largest absolute Gasteiger partial charge is 0.507 e. The highest BCUT2D eigenvalue weighted by Crippen LogP contribution is 2.45. The van der Waals surface area contributed by atoms with Gasteiger partial charge in [0.05, 0.1) is 18.0 Å². The minimum Gasteiger partial charge on any atom is -0.507 e. The summed E-state index contributed by atoms with van der Waals surface area (Å²) < 4.78 is 15.7. The summed E-state index contributed by atoms with van der Waals surface area (Å²) in [5, 5.41) is 31.6. The van der Waals surface area contributed by atoms with E-state index in [-0.39, 0.29) is 24.1 Å². The molecule has 0 aliphatic heterocycles. The van der Waals surface area contributed by atoms with Gasteiger partial charge in [0.25, 0.3) is 0 Å². The lowest BCUT2D eigenvalue weighted by atomic mass is 9.82. The van der Waals surface area contributed by atoms with Crippen molar-refractivity contribution in [2.75, 3.05) is 6.61 Å². The number of carbonyl (C=O) groups is 1. The predicted octanol–water partition coefficient (Wildman–Crippen LogP) is 6.29.